The predicted octanol–water partition coefficient (Wildman–Crippen LogP) is 3.41. The van der Waals surface area contributed by atoms with Crippen LogP contribution in [-0.4, -0.2) is 19.7 Å². The van der Waals surface area contributed by atoms with E-state index in [0.29, 0.717) is 5.69 Å². The molecule has 2 aromatic rings. The van der Waals surface area contributed by atoms with Gasteiger partial charge in [-0.3, -0.25) is 9.29 Å². The predicted molar refractivity (Wildman–Crippen MR) is 92.1 cm³/mol. The third-order valence-electron chi connectivity index (χ3n) is 2.63. The molecule has 0 atom stereocenters. The lowest BCUT2D eigenvalue weighted by Crippen LogP contribution is -2.29. The maximum atomic E-state index is 12.1. The molecule has 106 valence electrons. The van der Waals surface area contributed by atoms with Crippen molar-refractivity contribution >= 4 is 54.2 Å². The molecule has 0 aliphatic carbocycles. The molecule has 0 amide bonds. The van der Waals surface area contributed by atoms with Gasteiger partial charge in [-0.15, -0.1) is 0 Å². The summed E-state index contributed by atoms with van der Waals surface area (Å²) in [6.07, 6.45) is 4.53. The normalized spacial score (nSPS) is 11.3. The van der Waals surface area contributed by atoms with Crippen molar-refractivity contribution in [3.8, 4) is 0 Å². The van der Waals surface area contributed by atoms with Crippen molar-refractivity contribution in [2.24, 2.45) is 0 Å². The Labute approximate surface area is 140 Å². The van der Waals surface area contributed by atoms with Crippen LogP contribution in [0.5, 0.6) is 0 Å². The summed E-state index contributed by atoms with van der Waals surface area (Å²) in [4.78, 5) is 4.02. The fraction of sp³-hybridized carbons (Fsp3) is 0.154. The highest BCUT2D eigenvalue weighted by Crippen LogP contribution is 2.30. The summed E-state index contributed by atoms with van der Waals surface area (Å²) in [6, 6.07) is 9.20. The van der Waals surface area contributed by atoms with Crippen molar-refractivity contribution < 1.29 is 8.42 Å². The molecule has 0 bridgehead atoms. The van der Waals surface area contributed by atoms with E-state index in [-0.39, 0.29) is 6.54 Å². The number of sulfonamides is 1. The van der Waals surface area contributed by atoms with Crippen molar-refractivity contribution in [1.29, 1.82) is 0 Å². The number of hydrogen-bond donors (Lipinski definition) is 0. The molecule has 20 heavy (non-hydrogen) atoms. The fourth-order valence-corrected chi connectivity index (χ4v) is 4.25. The maximum Gasteiger partial charge on any atom is 0.232 e. The van der Waals surface area contributed by atoms with Crippen LogP contribution in [-0.2, 0) is 16.6 Å². The lowest BCUT2D eigenvalue weighted by Gasteiger charge is -2.23. The van der Waals surface area contributed by atoms with Crippen molar-refractivity contribution in [1.82, 2.24) is 4.98 Å². The first kappa shape index (κ1) is 15.7. The van der Waals surface area contributed by atoms with E-state index in [1.165, 1.54) is 10.6 Å². The standard InChI is InChI=1S/C13H12BrIN2O2S/c1-20(18,19)17(9-10-3-2-6-16-8-10)13-5-4-11(15)7-12(13)14/h2-8H,9H2,1H3. The highest BCUT2D eigenvalue weighted by molar-refractivity contribution is 14.1. The Hall–Kier alpha value is -0.670. The zero-order valence-corrected chi connectivity index (χ0v) is 15.2. The average Bonchev–Trinajstić information content (AvgIpc) is 2.37. The Morgan fingerprint density at radius 2 is 2.10 bits per heavy atom. The van der Waals surface area contributed by atoms with Gasteiger partial charge < -0.3 is 0 Å². The first-order chi connectivity index (χ1) is 9.38. The Balaban J connectivity index is 2.44. The second-order valence-electron chi connectivity index (χ2n) is 4.23. The molecule has 0 N–H and O–H groups in total. The molecule has 0 saturated heterocycles. The van der Waals surface area contributed by atoms with Crippen LogP contribution in [0.2, 0.25) is 0 Å². The quantitative estimate of drug-likeness (QED) is 0.649. The molecule has 0 radical (unpaired) electrons. The first-order valence-electron chi connectivity index (χ1n) is 5.69. The number of halogens is 2. The molecular weight excluding hydrogens is 455 g/mol. The number of nitrogens with zero attached hydrogens (tertiary/aromatic N) is 2. The van der Waals surface area contributed by atoms with Gasteiger partial charge in [-0.1, -0.05) is 6.07 Å². The van der Waals surface area contributed by atoms with E-state index >= 15 is 0 Å². The molecule has 0 unspecified atom stereocenters. The van der Waals surface area contributed by atoms with Crippen LogP contribution in [0, 0.1) is 3.57 Å². The SMILES string of the molecule is CS(=O)(=O)N(Cc1cccnc1)c1ccc(I)cc1Br. The van der Waals surface area contributed by atoms with Crippen molar-refractivity contribution in [3.05, 3.63) is 56.3 Å². The molecule has 1 aromatic carbocycles. The van der Waals surface area contributed by atoms with Crippen LogP contribution in [0.4, 0.5) is 5.69 Å². The van der Waals surface area contributed by atoms with Crippen molar-refractivity contribution in [3.63, 3.8) is 0 Å². The van der Waals surface area contributed by atoms with Gasteiger partial charge in [0.25, 0.3) is 0 Å². The second kappa shape index (κ2) is 6.40. The summed E-state index contributed by atoms with van der Waals surface area (Å²) in [5.74, 6) is 0. The summed E-state index contributed by atoms with van der Waals surface area (Å²) >= 11 is 5.61. The van der Waals surface area contributed by atoms with Gasteiger partial charge in [0, 0.05) is 20.4 Å². The van der Waals surface area contributed by atoms with Crippen molar-refractivity contribution in [2.45, 2.75) is 6.54 Å². The maximum absolute atomic E-state index is 12.1. The van der Waals surface area contributed by atoms with Gasteiger partial charge in [0.2, 0.25) is 10.0 Å². The molecule has 7 heteroatoms. The van der Waals surface area contributed by atoms with E-state index < -0.39 is 10.0 Å². The van der Waals surface area contributed by atoms with Gasteiger partial charge in [0.15, 0.2) is 0 Å². The third kappa shape index (κ3) is 3.92. The molecule has 0 fully saturated rings. The lowest BCUT2D eigenvalue weighted by atomic mass is 10.2. The van der Waals surface area contributed by atoms with Crippen LogP contribution in [0.25, 0.3) is 0 Å². The summed E-state index contributed by atoms with van der Waals surface area (Å²) in [5.41, 5.74) is 1.46. The van der Waals surface area contributed by atoms with Gasteiger partial charge >= 0.3 is 0 Å². The van der Waals surface area contributed by atoms with Gasteiger partial charge in [0.1, 0.15) is 0 Å². The Morgan fingerprint density at radius 1 is 1.35 bits per heavy atom. The summed E-state index contributed by atoms with van der Waals surface area (Å²) in [7, 11) is -3.38. The third-order valence-corrected chi connectivity index (χ3v) is 5.06. The number of pyridine rings is 1. The van der Waals surface area contributed by atoms with Crippen LogP contribution in [0.3, 0.4) is 0 Å². The molecule has 0 spiro atoms. The Morgan fingerprint density at radius 3 is 2.65 bits per heavy atom. The topological polar surface area (TPSA) is 50.3 Å². The van der Waals surface area contributed by atoms with E-state index in [1.807, 2.05) is 18.2 Å². The minimum atomic E-state index is -3.38. The number of benzene rings is 1. The molecule has 0 saturated carbocycles. The molecule has 0 aliphatic heterocycles. The zero-order valence-electron chi connectivity index (χ0n) is 10.6. The molecule has 1 aromatic heterocycles. The number of aromatic nitrogens is 1. The van der Waals surface area contributed by atoms with Crippen molar-refractivity contribution in [2.75, 3.05) is 10.6 Å². The van der Waals surface area contributed by atoms with Crippen LogP contribution >= 0.6 is 38.5 Å². The van der Waals surface area contributed by atoms with Crippen LogP contribution in [0.15, 0.2) is 47.2 Å². The Bertz CT molecular complexity index is 708. The average molecular weight is 467 g/mol. The monoisotopic (exact) mass is 466 g/mol. The van der Waals surface area contributed by atoms with E-state index in [4.69, 9.17) is 0 Å². The Kier molecular flexibility index (Phi) is 5.03. The lowest BCUT2D eigenvalue weighted by molar-refractivity contribution is 0.596. The van der Waals surface area contributed by atoms with Gasteiger partial charge in [0.05, 0.1) is 18.5 Å². The van der Waals surface area contributed by atoms with Gasteiger partial charge in [-0.25, -0.2) is 8.42 Å². The molecule has 0 aliphatic rings. The van der Waals surface area contributed by atoms with E-state index in [9.17, 15) is 8.42 Å². The molecule has 1 heterocycles. The van der Waals surface area contributed by atoms with Gasteiger partial charge in [-0.2, -0.15) is 0 Å². The largest absolute Gasteiger partial charge is 0.265 e. The minimum Gasteiger partial charge on any atom is -0.265 e. The highest BCUT2D eigenvalue weighted by atomic mass is 127. The number of hydrogen-bond acceptors (Lipinski definition) is 3. The van der Waals surface area contributed by atoms with E-state index in [1.54, 1.807) is 24.5 Å². The van der Waals surface area contributed by atoms with Gasteiger partial charge in [-0.05, 0) is 68.3 Å². The molecule has 4 nitrogen and oxygen atoms in total. The highest BCUT2D eigenvalue weighted by Gasteiger charge is 2.20. The smallest absolute Gasteiger partial charge is 0.232 e. The van der Waals surface area contributed by atoms with E-state index in [0.717, 1.165) is 13.6 Å². The first-order valence-corrected chi connectivity index (χ1v) is 9.41. The van der Waals surface area contributed by atoms with Crippen LogP contribution in [0.1, 0.15) is 5.56 Å². The zero-order chi connectivity index (χ0) is 14.8. The van der Waals surface area contributed by atoms with Crippen LogP contribution < -0.4 is 4.31 Å². The summed E-state index contributed by atoms with van der Waals surface area (Å²) < 4.78 is 27.3. The summed E-state index contributed by atoms with van der Waals surface area (Å²) in [6.45, 7) is 0.256. The summed E-state index contributed by atoms with van der Waals surface area (Å²) in [5, 5.41) is 0. The second-order valence-corrected chi connectivity index (χ2v) is 8.23. The minimum absolute atomic E-state index is 0.256. The van der Waals surface area contributed by atoms with E-state index in [2.05, 4.69) is 43.5 Å². The molecule has 2 rings (SSSR count). The number of anilines is 1. The molecular formula is C13H12BrIN2O2S. The fourth-order valence-electron chi connectivity index (χ4n) is 1.72. The number of rotatable bonds is 4.